The minimum absolute atomic E-state index is 0.226. The number of nitrogens with zero attached hydrogens (tertiary/aromatic N) is 2. The number of thiophene rings is 1. The van der Waals surface area contributed by atoms with Gasteiger partial charge in [0.25, 0.3) is 0 Å². The Bertz CT molecular complexity index is 1260. The third-order valence-corrected chi connectivity index (χ3v) is 5.97. The highest BCUT2D eigenvalue weighted by Gasteiger charge is 2.17. The van der Waals surface area contributed by atoms with Crippen LogP contribution in [0.25, 0.3) is 21.3 Å². The fraction of sp³-hybridized carbons (Fsp3) is 0.167. The van der Waals surface area contributed by atoms with E-state index in [0.717, 1.165) is 27.8 Å². The van der Waals surface area contributed by atoms with Crippen molar-refractivity contribution in [2.45, 2.75) is 13.3 Å². The molecule has 1 N–H and O–H groups in total. The Morgan fingerprint density at radius 3 is 2.22 bits per heavy atom. The van der Waals surface area contributed by atoms with Crippen LogP contribution in [0.5, 0.6) is 0 Å². The summed E-state index contributed by atoms with van der Waals surface area (Å²) in [5.74, 6) is -0.540. The molecule has 0 aliphatic carbocycles. The van der Waals surface area contributed by atoms with E-state index >= 15 is 0 Å². The minimum atomic E-state index is -0.557. The van der Waals surface area contributed by atoms with Gasteiger partial charge in [-0.1, -0.05) is 31.2 Å². The summed E-state index contributed by atoms with van der Waals surface area (Å²) < 4.78 is 9.64. The number of ether oxygens (including phenoxy) is 2. The molecule has 0 unspecified atom stereocenters. The van der Waals surface area contributed by atoms with Gasteiger partial charge in [0.05, 0.1) is 30.7 Å². The van der Waals surface area contributed by atoms with E-state index in [1.54, 1.807) is 12.1 Å². The van der Waals surface area contributed by atoms with Crippen molar-refractivity contribution in [2.24, 2.45) is 0 Å². The maximum Gasteiger partial charge on any atom is 0.337 e. The molecule has 2 heterocycles. The number of nitrogens with one attached hydrogen (secondary N) is 1. The van der Waals surface area contributed by atoms with E-state index in [0.29, 0.717) is 11.5 Å². The smallest absolute Gasteiger partial charge is 0.337 e. The molecule has 0 fully saturated rings. The summed E-state index contributed by atoms with van der Waals surface area (Å²) in [5, 5.41) is 6.16. The van der Waals surface area contributed by atoms with Gasteiger partial charge in [-0.25, -0.2) is 19.6 Å². The number of carbonyl (C=O) groups excluding carboxylic acids is 2. The summed E-state index contributed by atoms with van der Waals surface area (Å²) >= 11 is 1.53. The Kier molecular flexibility index (Phi) is 6.13. The molecule has 8 heteroatoms. The normalized spacial score (nSPS) is 10.7. The molecular formula is C24H21N3O4S. The van der Waals surface area contributed by atoms with Gasteiger partial charge in [0.15, 0.2) is 0 Å². The van der Waals surface area contributed by atoms with Crippen molar-refractivity contribution < 1.29 is 19.1 Å². The molecule has 7 nitrogen and oxygen atoms in total. The Morgan fingerprint density at radius 1 is 0.969 bits per heavy atom. The van der Waals surface area contributed by atoms with E-state index in [2.05, 4.69) is 51.9 Å². The average molecular weight is 448 g/mol. The summed E-state index contributed by atoms with van der Waals surface area (Å²) in [6.45, 7) is 2.12. The van der Waals surface area contributed by atoms with E-state index in [1.807, 2.05) is 0 Å². The van der Waals surface area contributed by atoms with Crippen LogP contribution in [0.1, 0.15) is 33.2 Å². The second kappa shape index (κ2) is 9.15. The van der Waals surface area contributed by atoms with Crippen LogP contribution >= 0.6 is 11.3 Å². The van der Waals surface area contributed by atoms with Gasteiger partial charge in [0.2, 0.25) is 0 Å². The molecule has 2 aromatic heterocycles. The lowest BCUT2D eigenvalue weighted by atomic mass is 10.0. The predicted octanol–water partition coefficient (Wildman–Crippen LogP) is 5.24. The zero-order valence-corrected chi connectivity index (χ0v) is 18.7. The molecular weight excluding hydrogens is 426 g/mol. The highest BCUT2D eigenvalue weighted by molar-refractivity contribution is 7.17. The van der Waals surface area contributed by atoms with Crippen molar-refractivity contribution in [2.75, 3.05) is 19.5 Å². The number of rotatable bonds is 6. The number of aromatic nitrogens is 2. The molecule has 2 aromatic carbocycles. The number of fused-ring (bicyclic) bond motifs is 1. The fourth-order valence-corrected chi connectivity index (χ4v) is 4.33. The summed E-state index contributed by atoms with van der Waals surface area (Å²) in [5.41, 5.74) is 4.29. The van der Waals surface area contributed by atoms with Gasteiger partial charge < -0.3 is 14.8 Å². The molecule has 0 bridgehead atoms. The van der Waals surface area contributed by atoms with E-state index in [-0.39, 0.29) is 11.1 Å². The number of carbonyl (C=O) groups is 2. The number of esters is 2. The predicted molar refractivity (Wildman–Crippen MR) is 125 cm³/mol. The SMILES string of the molecule is CCc1ccc(-c2csc3ncnc(Nc4cc(C(=O)OC)cc(C(=O)OC)c4)c23)cc1. The van der Waals surface area contributed by atoms with Gasteiger partial charge in [-0.2, -0.15) is 0 Å². The van der Waals surface area contributed by atoms with E-state index in [4.69, 9.17) is 9.47 Å². The topological polar surface area (TPSA) is 90.4 Å². The summed E-state index contributed by atoms with van der Waals surface area (Å²) in [6, 6.07) is 13.0. The molecule has 0 spiro atoms. The first-order chi connectivity index (χ1) is 15.5. The molecule has 0 radical (unpaired) electrons. The maximum absolute atomic E-state index is 12.1. The van der Waals surface area contributed by atoms with Crippen LogP contribution in [0.15, 0.2) is 54.2 Å². The maximum atomic E-state index is 12.1. The van der Waals surface area contributed by atoms with Crippen molar-refractivity contribution >= 4 is 45.0 Å². The Labute approximate surface area is 189 Å². The van der Waals surface area contributed by atoms with Gasteiger partial charge >= 0.3 is 11.9 Å². The molecule has 4 aromatic rings. The fourth-order valence-electron chi connectivity index (χ4n) is 3.41. The number of aryl methyl sites for hydroxylation is 1. The second-order valence-electron chi connectivity index (χ2n) is 7.01. The Balaban J connectivity index is 1.80. The van der Waals surface area contributed by atoms with Gasteiger partial charge in [-0.05, 0) is 35.7 Å². The van der Waals surface area contributed by atoms with Gasteiger partial charge in [-0.3, -0.25) is 0 Å². The standard InChI is InChI=1S/C24H21N3O4S/c1-4-14-5-7-15(8-6-14)19-12-32-22-20(19)21(25-13-26-22)27-18-10-16(23(28)30-2)9-17(11-18)24(29)31-3/h5-13H,4H2,1-3H3,(H,25,26,27). The van der Waals surface area contributed by atoms with Gasteiger partial charge in [0.1, 0.15) is 17.0 Å². The number of anilines is 2. The molecule has 0 aliphatic heterocycles. The zero-order chi connectivity index (χ0) is 22.7. The molecule has 0 saturated heterocycles. The van der Waals surface area contributed by atoms with Crippen molar-refractivity contribution in [1.82, 2.24) is 9.97 Å². The average Bonchev–Trinajstić information content (AvgIpc) is 3.28. The highest BCUT2D eigenvalue weighted by atomic mass is 32.1. The molecule has 0 saturated carbocycles. The molecule has 0 aliphatic rings. The zero-order valence-electron chi connectivity index (χ0n) is 17.8. The Hall–Kier alpha value is -3.78. The molecule has 32 heavy (non-hydrogen) atoms. The van der Waals surface area contributed by atoms with Crippen LogP contribution in [-0.2, 0) is 15.9 Å². The molecule has 0 atom stereocenters. The van der Waals surface area contributed by atoms with Crippen molar-refractivity contribution in [3.63, 3.8) is 0 Å². The second-order valence-corrected chi connectivity index (χ2v) is 7.87. The van der Waals surface area contributed by atoms with E-state index in [9.17, 15) is 9.59 Å². The van der Waals surface area contributed by atoms with Crippen molar-refractivity contribution in [3.05, 3.63) is 70.9 Å². The van der Waals surface area contributed by atoms with Crippen molar-refractivity contribution in [1.29, 1.82) is 0 Å². The summed E-state index contributed by atoms with van der Waals surface area (Å²) in [6.07, 6.45) is 2.45. The van der Waals surface area contributed by atoms with Crippen LogP contribution in [0.2, 0.25) is 0 Å². The van der Waals surface area contributed by atoms with E-state index < -0.39 is 11.9 Å². The number of hydrogen-bond donors (Lipinski definition) is 1. The van der Waals surface area contributed by atoms with Crippen molar-refractivity contribution in [3.8, 4) is 11.1 Å². The lowest BCUT2D eigenvalue weighted by Crippen LogP contribution is -2.08. The highest BCUT2D eigenvalue weighted by Crippen LogP contribution is 2.37. The minimum Gasteiger partial charge on any atom is -0.465 e. The van der Waals surface area contributed by atoms with E-state index in [1.165, 1.54) is 43.5 Å². The third kappa shape index (κ3) is 4.17. The molecule has 4 rings (SSSR count). The van der Waals surface area contributed by atoms with Crippen LogP contribution in [0.3, 0.4) is 0 Å². The molecule has 0 amide bonds. The number of hydrogen-bond acceptors (Lipinski definition) is 8. The first-order valence-electron chi connectivity index (χ1n) is 9.94. The molecule has 162 valence electrons. The third-order valence-electron chi connectivity index (χ3n) is 5.08. The van der Waals surface area contributed by atoms with Gasteiger partial charge in [-0.15, -0.1) is 11.3 Å². The summed E-state index contributed by atoms with van der Waals surface area (Å²) in [7, 11) is 2.57. The Morgan fingerprint density at radius 2 is 1.62 bits per heavy atom. The number of benzene rings is 2. The first kappa shape index (κ1) is 21.5. The van der Waals surface area contributed by atoms with Crippen LogP contribution in [0, 0.1) is 0 Å². The van der Waals surface area contributed by atoms with Crippen LogP contribution in [-0.4, -0.2) is 36.1 Å². The number of methoxy groups -OCH3 is 2. The first-order valence-corrected chi connectivity index (χ1v) is 10.8. The lowest BCUT2D eigenvalue weighted by molar-refractivity contribution is 0.0599. The van der Waals surface area contributed by atoms with Crippen LogP contribution < -0.4 is 5.32 Å². The quantitative estimate of drug-likeness (QED) is 0.404. The largest absolute Gasteiger partial charge is 0.465 e. The monoisotopic (exact) mass is 447 g/mol. The summed E-state index contributed by atoms with van der Waals surface area (Å²) in [4.78, 5) is 33.9. The lowest BCUT2D eigenvalue weighted by Gasteiger charge is -2.11. The van der Waals surface area contributed by atoms with Gasteiger partial charge in [0, 0.05) is 16.6 Å². The van der Waals surface area contributed by atoms with Crippen LogP contribution in [0.4, 0.5) is 11.5 Å².